The monoisotopic (exact) mass is 304 g/mol. The first-order valence-corrected chi connectivity index (χ1v) is 9.67. The van der Waals surface area contributed by atoms with E-state index in [-0.39, 0.29) is 0 Å². The van der Waals surface area contributed by atoms with E-state index < -0.39 is 0 Å². The fraction of sp³-hybridized carbons (Fsp3) is 0.667. The standard InChI is InChI=1S/C18H28N2S/c1-21-18-7-5-16(6-8-18)15-19-13-9-17(10-14-19)20-11-3-2-4-12-20/h5-8,17H,2-4,9-15H2,1H3. The van der Waals surface area contributed by atoms with E-state index in [0.717, 1.165) is 12.6 Å². The lowest BCUT2D eigenvalue weighted by molar-refractivity contribution is 0.0896. The molecule has 0 aliphatic carbocycles. The zero-order chi connectivity index (χ0) is 14.5. The molecule has 0 amide bonds. The van der Waals surface area contributed by atoms with Gasteiger partial charge in [0.25, 0.3) is 0 Å². The van der Waals surface area contributed by atoms with Crippen LogP contribution in [-0.2, 0) is 6.54 Å². The van der Waals surface area contributed by atoms with Crippen molar-refractivity contribution in [1.82, 2.24) is 9.80 Å². The third kappa shape index (κ3) is 4.24. The molecule has 0 aromatic heterocycles. The number of rotatable bonds is 4. The van der Waals surface area contributed by atoms with Crippen LogP contribution in [0.15, 0.2) is 29.2 Å². The fourth-order valence-electron chi connectivity index (χ4n) is 3.72. The van der Waals surface area contributed by atoms with Crippen molar-refractivity contribution in [3.05, 3.63) is 29.8 Å². The second-order valence-electron chi connectivity index (χ2n) is 6.45. The van der Waals surface area contributed by atoms with Gasteiger partial charge in [-0.25, -0.2) is 0 Å². The smallest absolute Gasteiger partial charge is 0.0233 e. The maximum absolute atomic E-state index is 2.76. The summed E-state index contributed by atoms with van der Waals surface area (Å²) < 4.78 is 0. The second-order valence-corrected chi connectivity index (χ2v) is 7.33. The minimum atomic E-state index is 0.861. The molecule has 2 fully saturated rings. The van der Waals surface area contributed by atoms with Crippen LogP contribution in [0.3, 0.4) is 0 Å². The number of hydrogen-bond acceptors (Lipinski definition) is 3. The second kappa shape index (κ2) is 7.66. The van der Waals surface area contributed by atoms with Gasteiger partial charge in [-0.05, 0) is 75.8 Å². The van der Waals surface area contributed by atoms with Gasteiger partial charge in [0.05, 0.1) is 0 Å². The van der Waals surface area contributed by atoms with Gasteiger partial charge in [-0.15, -0.1) is 11.8 Å². The minimum absolute atomic E-state index is 0.861. The average Bonchev–Trinajstić information content (AvgIpc) is 2.57. The maximum atomic E-state index is 2.76. The van der Waals surface area contributed by atoms with Crippen molar-refractivity contribution >= 4 is 11.8 Å². The Hall–Kier alpha value is -0.510. The molecule has 2 nitrogen and oxygen atoms in total. The number of hydrogen-bond donors (Lipinski definition) is 0. The molecule has 0 atom stereocenters. The van der Waals surface area contributed by atoms with E-state index >= 15 is 0 Å². The quantitative estimate of drug-likeness (QED) is 0.780. The molecular weight excluding hydrogens is 276 g/mol. The lowest BCUT2D eigenvalue weighted by Gasteiger charge is -2.40. The summed E-state index contributed by atoms with van der Waals surface area (Å²) in [7, 11) is 0. The number of piperidine rings is 2. The molecule has 2 saturated heterocycles. The van der Waals surface area contributed by atoms with E-state index in [9.17, 15) is 0 Å². The topological polar surface area (TPSA) is 6.48 Å². The predicted molar refractivity (Wildman–Crippen MR) is 91.9 cm³/mol. The molecule has 2 aliphatic rings. The van der Waals surface area contributed by atoms with E-state index in [0.29, 0.717) is 0 Å². The molecule has 3 rings (SSSR count). The van der Waals surface area contributed by atoms with Crippen LogP contribution in [0.5, 0.6) is 0 Å². The first kappa shape index (κ1) is 15.4. The van der Waals surface area contributed by atoms with Crippen LogP contribution < -0.4 is 0 Å². The van der Waals surface area contributed by atoms with Gasteiger partial charge in [0.1, 0.15) is 0 Å². The third-order valence-electron chi connectivity index (χ3n) is 5.03. The van der Waals surface area contributed by atoms with Crippen molar-refractivity contribution in [1.29, 1.82) is 0 Å². The third-order valence-corrected chi connectivity index (χ3v) is 5.77. The summed E-state index contributed by atoms with van der Waals surface area (Å²) in [5.41, 5.74) is 1.46. The summed E-state index contributed by atoms with van der Waals surface area (Å²) in [6, 6.07) is 9.95. The van der Waals surface area contributed by atoms with Crippen LogP contribution in [-0.4, -0.2) is 48.3 Å². The van der Waals surface area contributed by atoms with Crippen LogP contribution in [0.25, 0.3) is 0 Å². The van der Waals surface area contributed by atoms with E-state index in [1.165, 1.54) is 68.7 Å². The summed E-state index contributed by atoms with van der Waals surface area (Å²) in [5.74, 6) is 0. The van der Waals surface area contributed by atoms with Gasteiger partial charge in [-0.2, -0.15) is 0 Å². The van der Waals surface area contributed by atoms with Crippen molar-refractivity contribution in [3.63, 3.8) is 0 Å². The van der Waals surface area contributed by atoms with E-state index in [2.05, 4.69) is 40.3 Å². The SMILES string of the molecule is CSc1ccc(CN2CCC(N3CCCCC3)CC2)cc1. The predicted octanol–water partition coefficient (Wildman–Crippen LogP) is 3.86. The summed E-state index contributed by atoms with van der Waals surface area (Å²) in [6.07, 6.45) is 9.15. The van der Waals surface area contributed by atoms with Crippen LogP contribution in [0, 0.1) is 0 Å². The van der Waals surface area contributed by atoms with Gasteiger partial charge in [-0.3, -0.25) is 4.90 Å². The molecular formula is C18H28N2S. The molecule has 0 radical (unpaired) electrons. The van der Waals surface area contributed by atoms with Gasteiger partial charge in [0, 0.05) is 17.5 Å². The summed E-state index contributed by atoms with van der Waals surface area (Å²) in [6.45, 7) is 6.36. The summed E-state index contributed by atoms with van der Waals surface area (Å²) in [4.78, 5) is 6.75. The van der Waals surface area contributed by atoms with Crippen molar-refractivity contribution in [2.24, 2.45) is 0 Å². The molecule has 0 bridgehead atoms. The Kier molecular flexibility index (Phi) is 5.61. The van der Waals surface area contributed by atoms with Crippen LogP contribution in [0.2, 0.25) is 0 Å². The Morgan fingerprint density at radius 3 is 2.24 bits per heavy atom. The number of thioether (sulfide) groups is 1. The highest BCUT2D eigenvalue weighted by Gasteiger charge is 2.25. The Labute approximate surface area is 133 Å². The van der Waals surface area contributed by atoms with Crippen molar-refractivity contribution < 1.29 is 0 Å². The first-order valence-electron chi connectivity index (χ1n) is 8.44. The number of nitrogens with zero attached hydrogens (tertiary/aromatic N) is 2. The molecule has 0 spiro atoms. The normalized spacial score (nSPS) is 22.5. The lowest BCUT2D eigenvalue weighted by Crippen LogP contribution is -2.46. The van der Waals surface area contributed by atoms with Crippen LogP contribution in [0.4, 0.5) is 0 Å². The maximum Gasteiger partial charge on any atom is 0.0233 e. The van der Waals surface area contributed by atoms with Gasteiger partial charge >= 0.3 is 0 Å². The first-order chi connectivity index (χ1) is 10.3. The highest BCUT2D eigenvalue weighted by atomic mass is 32.2. The van der Waals surface area contributed by atoms with Crippen molar-refractivity contribution in [3.8, 4) is 0 Å². The van der Waals surface area contributed by atoms with Gasteiger partial charge in [0.2, 0.25) is 0 Å². The molecule has 21 heavy (non-hydrogen) atoms. The Morgan fingerprint density at radius 1 is 0.952 bits per heavy atom. The molecule has 0 unspecified atom stereocenters. The van der Waals surface area contributed by atoms with E-state index in [4.69, 9.17) is 0 Å². The number of likely N-dealkylation sites (tertiary alicyclic amines) is 2. The molecule has 1 aromatic carbocycles. The molecule has 2 aliphatic heterocycles. The highest BCUT2D eigenvalue weighted by molar-refractivity contribution is 7.98. The number of benzene rings is 1. The zero-order valence-electron chi connectivity index (χ0n) is 13.3. The summed E-state index contributed by atoms with van der Waals surface area (Å²) in [5, 5.41) is 0. The minimum Gasteiger partial charge on any atom is -0.300 e. The molecule has 116 valence electrons. The average molecular weight is 305 g/mol. The van der Waals surface area contributed by atoms with Gasteiger partial charge < -0.3 is 4.90 Å². The van der Waals surface area contributed by atoms with E-state index in [1.54, 1.807) is 0 Å². The lowest BCUT2D eigenvalue weighted by atomic mass is 9.99. The largest absolute Gasteiger partial charge is 0.300 e. The fourth-order valence-corrected chi connectivity index (χ4v) is 4.12. The molecule has 2 heterocycles. The van der Waals surface area contributed by atoms with Crippen LogP contribution >= 0.6 is 11.8 Å². The Bertz CT molecular complexity index is 417. The van der Waals surface area contributed by atoms with Crippen LogP contribution in [0.1, 0.15) is 37.7 Å². The molecule has 3 heteroatoms. The molecule has 1 aromatic rings. The molecule has 0 N–H and O–H groups in total. The highest BCUT2D eigenvalue weighted by Crippen LogP contribution is 2.22. The van der Waals surface area contributed by atoms with E-state index in [1.807, 2.05) is 11.8 Å². The van der Waals surface area contributed by atoms with Crippen molar-refractivity contribution in [2.45, 2.75) is 49.6 Å². The Morgan fingerprint density at radius 2 is 1.62 bits per heavy atom. The van der Waals surface area contributed by atoms with Crippen molar-refractivity contribution in [2.75, 3.05) is 32.4 Å². The molecule has 0 saturated carbocycles. The summed E-state index contributed by atoms with van der Waals surface area (Å²) >= 11 is 1.82. The zero-order valence-corrected chi connectivity index (χ0v) is 14.1. The Balaban J connectivity index is 1.46. The van der Waals surface area contributed by atoms with Gasteiger partial charge in [0.15, 0.2) is 0 Å². The van der Waals surface area contributed by atoms with Gasteiger partial charge in [-0.1, -0.05) is 18.6 Å².